The molecule has 4 heteroatoms. The number of benzene rings is 1. The molecule has 0 saturated carbocycles. The lowest BCUT2D eigenvalue weighted by Gasteiger charge is -2.01. The topological polar surface area (TPSA) is 36.7 Å². The highest BCUT2D eigenvalue weighted by atomic mass is 32.1. The molecule has 2 nitrogen and oxygen atoms in total. The van der Waals surface area contributed by atoms with E-state index in [-0.39, 0.29) is 0 Å². The standard InChI is InChI=1S/C20H18N2S2/c1-2-3-5-15-7-9-16(10-8-15)19-14-24-20(22-19)17(13-21)12-18-6-4-11-23-18/h4,6-12,14H,2-3,5H2,1H3/b17-12-. The second-order valence-electron chi connectivity index (χ2n) is 5.52. The van der Waals surface area contributed by atoms with Gasteiger partial charge in [0.1, 0.15) is 11.1 Å². The van der Waals surface area contributed by atoms with E-state index in [9.17, 15) is 5.26 Å². The second-order valence-corrected chi connectivity index (χ2v) is 7.36. The fourth-order valence-electron chi connectivity index (χ4n) is 2.41. The van der Waals surface area contributed by atoms with Gasteiger partial charge in [-0.2, -0.15) is 5.26 Å². The second kappa shape index (κ2) is 8.05. The third kappa shape index (κ3) is 4.00. The molecule has 3 rings (SSSR count). The Morgan fingerprint density at radius 1 is 1.21 bits per heavy atom. The predicted octanol–water partition coefficient (Wildman–Crippen LogP) is 6.28. The number of thiophene rings is 1. The maximum absolute atomic E-state index is 9.43. The average molecular weight is 351 g/mol. The van der Waals surface area contributed by atoms with Gasteiger partial charge in [0.05, 0.1) is 11.3 Å². The van der Waals surface area contributed by atoms with Crippen molar-refractivity contribution in [2.24, 2.45) is 0 Å². The number of allylic oxidation sites excluding steroid dienone is 1. The van der Waals surface area contributed by atoms with Crippen molar-refractivity contribution in [1.82, 2.24) is 4.98 Å². The van der Waals surface area contributed by atoms with E-state index in [1.54, 1.807) is 11.3 Å². The Kier molecular flexibility index (Phi) is 5.58. The van der Waals surface area contributed by atoms with Crippen molar-refractivity contribution in [3.05, 3.63) is 62.6 Å². The summed E-state index contributed by atoms with van der Waals surface area (Å²) < 4.78 is 0. The van der Waals surface area contributed by atoms with Crippen molar-refractivity contribution in [2.75, 3.05) is 0 Å². The van der Waals surface area contributed by atoms with Crippen LogP contribution in [0.3, 0.4) is 0 Å². The highest BCUT2D eigenvalue weighted by Gasteiger charge is 2.09. The van der Waals surface area contributed by atoms with Gasteiger partial charge in [0.2, 0.25) is 0 Å². The molecule has 120 valence electrons. The SMILES string of the molecule is CCCCc1ccc(-c2csc(/C(C#N)=C\c3cccs3)n2)cc1. The average Bonchev–Trinajstić information content (AvgIpc) is 3.30. The molecule has 0 atom stereocenters. The summed E-state index contributed by atoms with van der Waals surface area (Å²) >= 11 is 3.14. The molecule has 2 heterocycles. The maximum atomic E-state index is 9.43. The normalized spacial score (nSPS) is 11.4. The van der Waals surface area contributed by atoms with Crippen LogP contribution in [0.25, 0.3) is 22.9 Å². The molecule has 0 amide bonds. The first-order valence-electron chi connectivity index (χ1n) is 8.00. The smallest absolute Gasteiger partial charge is 0.134 e. The summed E-state index contributed by atoms with van der Waals surface area (Å²) in [6.07, 6.45) is 5.46. The van der Waals surface area contributed by atoms with E-state index in [2.05, 4.69) is 42.2 Å². The molecule has 0 N–H and O–H groups in total. The summed E-state index contributed by atoms with van der Waals surface area (Å²) in [5.41, 5.74) is 4.02. The van der Waals surface area contributed by atoms with E-state index < -0.39 is 0 Å². The molecule has 0 saturated heterocycles. The first-order valence-corrected chi connectivity index (χ1v) is 9.76. The minimum absolute atomic E-state index is 0.619. The van der Waals surface area contributed by atoms with E-state index in [1.165, 1.54) is 29.7 Å². The van der Waals surface area contributed by atoms with Crippen molar-refractivity contribution < 1.29 is 0 Å². The number of hydrogen-bond donors (Lipinski definition) is 0. The number of thiazole rings is 1. The van der Waals surface area contributed by atoms with Crippen LogP contribution in [0.15, 0.2) is 47.2 Å². The quantitative estimate of drug-likeness (QED) is 0.491. The number of aryl methyl sites for hydroxylation is 1. The van der Waals surface area contributed by atoms with Gasteiger partial charge >= 0.3 is 0 Å². The minimum atomic E-state index is 0.619. The highest BCUT2D eigenvalue weighted by molar-refractivity contribution is 7.12. The van der Waals surface area contributed by atoms with E-state index in [1.807, 2.05) is 29.0 Å². The molecule has 3 aromatic rings. The minimum Gasteiger partial charge on any atom is -0.235 e. The van der Waals surface area contributed by atoms with Crippen molar-refractivity contribution in [1.29, 1.82) is 5.26 Å². The van der Waals surface area contributed by atoms with Crippen molar-refractivity contribution in [3.63, 3.8) is 0 Å². The van der Waals surface area contributed by atoms with Crippen LogP contribution in [0.5, 0.6) is 0 Å². The highest BCUT2D eigenvalue weighted by Crippen LogP contribution is 2.28. The summed E-state index contributed by atoms with van der Waals surface area (Å²) in [4.78, 5) is 5.73. The molecule has 0 aliphatic heterocycles. The molecule has 0 aliphatic carbocycles. The van der Waals surface area contributed by atoms with Crippen LogP contribution in [0.1, 0.15) is 35.2 Å². The summed E-state index contributed by atoms with van der Waals surface area (Å²) in [6, 6.07) is 14.9. The lowest BCUT2D eigenvalue weighted by molar-refractivity contribution is 0.795. The van der Waals surface area contributed by atoms with Crippen LogP contribution >= 0.6 is 22.7 Å². The largest absolute Gasteiger partial charge is 0.235 e. The van der Waals surface area contributed by atoms with Gasteiger partial charge in [-0.25, -0.2) is 4.98 Å². The molecule has 2 aromatic heterocycles. The molecule has 0 unspecified atom stereocenters. The van der Waals surface area contributed by atoms with Crippen molar-refractivity contribution >= 4 is 34.3 Å². The van der Waals surface area contributed by atoms with Gasteiger partial charge in [0.15, 0.2) is 0 Å². The van der Waals surface area contributed by atoms with E-state index in [0.717, 1.165) is 27.6 Å². The summed E-state index contributed by atoms with van der Waals surface area (Å²) in [7, 11) is 0. The zero-order valence-electron chi connectivity index (χ0n) is 13.5. The number of nitrogens with zero attached hydrogens (tertiary/aromatic N) is 2. The van der Waals surface area contributed by atoms with Crippen LogP contribution in [0.2, 0.25) is 0 Å². The van der Waals surface area contributed by atoms with Gasteiger partial charge in [-0.05, 0) is 35.9 Å². The Bertz CT molecular complexity index is 850. The molecule has 0 fully saturated rings. The monoisotopic (exact) mass is 350 g/mol. The van der Waals surface area contributed by atoms with E-state index >= 15 is 0 Å². The summed E-state index contributed by atoms with van der Waals surface area (Å²) in [5.74, 6) is 0. The predicted molar refractivity (Wildman–Crippen MR) is 104 cm³/mol. The Balaban J connectivity index is 1.81. The van der Waals surface area contributed by atoms with E-state index in [4.69, 9.17) is 0 Å². The lowest BCUT2D eigenvalue weighted by Crippen LogP contribution is -1.86. The number of aromatic nitrogens is 1. The Morgan fingerprint density at radius 3 is 2.71 bits per heavy atom. The first kappa shape index (κ1) is 16.6. The van der Waals surface area contributed by atoms with Gasteiger partial charge in [-0.1, -0.05) is 43.7 Å². The van der Waals surface area contributed by atoms with Crippen LogP contribution in [0.4, 0.5) is 0 Å². The zero-order chi connectivity index (χ0) is 16.8. The van der Waals surface area contributed by atoms with Gasteiger partial charge in [0, 0.05) is 15.8 Å². The zero-order valence-corrected chi connectivity index (χ0v) is 15.2. The van der Waals surface area contributed by atoms with E-state index in [0.29, 0.717) is 5.57 Å². The van der Waals surface area contributed by atoms with Gasteiger partial charge in [-0.15, -0.1) is 22.7 Å². The fourth-order valence-corrected chi connectivity index (χ4v) is 3.86. The maximum Gasteiger partial charge on any atom is 0.134 e. The molecular formula is C20H18N2S2. The number of unbranched alkanes of at least 4 members (excludes halogenated alkanes) is 1. The van der Waals surface area contributed by atoms with Gasteiger partial charge < -0.3 is 0 Å². The molecule has 24 heavy (non-hydrogen) atoms. The summed E-state index contributed by atoms with van der Waals surface area (Å²) in [5, 5.41) is 14.2. The van der Waals surface area contributed by atoms with Crippen LogP contribution in [0, 0.1) is 11.3 Å². The Morgan fingerprint density at radius 2 is 2.04 bits per heavy atom. The number of hydrogen-bond acceptors (Lipinski definition) is 4. The van der Waals surface area contributed by atoms with Gasteiger partial charge in [0.25, 0.3) is 0 Å². The Hall–Kier alpha value is -2.22. The summed E-state index contributed by atoms with van der Waals surface area (Å²) in [6.45, 7) is 2.21. The first-order chi connectivity index (χ1) is 11.8. The molecule has 1 aromatic carbocycles. The molecule has 0 spiro atoms. The fraction of sp³-hybridized carbons (Fsp3) is 0.200. The third-order valence-corrected chi connectivity index (χ3v) is 5.45. The number of rotatable bonds is 6. The molecular weight excluding hydrogens is 332 g/mol. The molecule has 0 bridgehead atoms. The van der Waals surface area contributed by atoms with Crippen LogP contribution in [-0.4, -0.2) is 4.98 Å². The Labute approximate surface area is 150 Å². The van der Waals surface area contributed by atoms with Crippen molar-refractivity contribution in [2.45, 2.75) is 26.2 Å². The third-order valence-electron chi connectivity index (χ3n) is 3.75. The van der Waals surface area contributed by atoms with Crippen LogP contribution in [-0.2, 0) is 6.42 Å². The number of nitriles is 1. The lowest BCUT2D eigenvalue weighted by atomic mass is 10.1. The van der Waals surface area contributed by atoms with Gasteiger partial charge in [-0.3, -0.25) is 0 Å². The van der Waals surface area contributed by atoms with Crippen molar-refractivity contribution in [3.8, 4) is 17.3 Å². The molecule has 0 radical (unpaired) electrons. The molecule has 0 aliphatic rings. The van der Waals surface area contributed by atoms with Crippen LogP contribution < -0.4 is 0 Å².